The number of allylic oxidation sites excluding steroid dienone is 2. The molecule has 34 heavy (non-hydrogen) atoms. The Morgan fingerprint density at radius 1 is 0.971 bits per heavy atom. The van der Waals surface area contributed by atoms with Gasteiger partial charge in [-0.2, -0.15) is 0 Å². The van der Waals surface area contributed by atoms with Crippen LogP contribution in [0.25, 0.3) is 56.1 Å². The molecule has 2 heterocycles. The van der Waals surface area contributed by atoms with Crippen molar-refractivity contribution in [1.82, 2.24) is 9.55 Å². The number of aliphatic hydroxyl groups excluding tert-OH is 1. The summed E-state index contributed by atoms with van der Waals surface area (Å²) in [6.45, 7) is 2.85. The number of rotatable bonds is 2. The summed E-state index contributed by atoms with van der Waals surface area (Å²) >= 11 is 0. The predicted octanol–water partition coefficient (Wildman–Crippen LogP) is 6.87. The van der Waals surface area contributed by atoms with Gasteiger partial charge in [-0.25, -0.2) is 0 Å². The summed E-state index contributed by atoms with van der Waals surface area (Å²) in [5, 5.41) is 12.1. The Bertz CT molecular complexity index is 1620. The SMILES string of the molecule is CC(=O)C=C(C)O.Cn1c2ccccc2c2c(-c3cc4c5c(cccc5n3)C=C4)[c-]ccc21.[Ir]. The maximum atomic E-state index is 10.0. The van der Waals surface area contributed by atoms with Crippen LogP contribution in [0.4, 0.5) is 0 Å². The molecule has 0 amide bonds. The molecule has 1 radical (unpaired) electrons. The van der Waals surface area contributed by atoms with Crippen molar-refractivity contribution in [2.45, 2.75) is 13.8 Å². The average molecular weight is 624 g/mol. The zero-order chi connectivity index (χ0) is 23.1. The van der Waals surface area contributed by atoms with Crippen LogP contribution in [0.3, 0.4) is 0 Å². The topological polar surface area (TPSA) is 55.1 Å². The van der Waals surface area contributed by atoms with Crippen molar-refractivity contribution in [3.8, 4) is 11.3 Å². The first-order valence-corrected chi connectivity index (χ1v) is 10.8. The van der Waals surface area contributed by atoms with Gasteiger partial charge in [0.2, 0.25) is 0 Å². The van der Waals surface area contributed by atoms with Crippen LogP contribution in [0.1, 0.15) is 25.0 Å². The Kier molecular flexibility index (Phi) is 6.51. The standard InChI is InChI=1S/C24H15N2.C5H8O2.Ir/c1-26-21-10-3-2-7-18(21)24-17(8-5-11-22(24)26)20-14-16-13-12-15-6-4-9-19(25-20)23(15)16;1-4(6)3-5(2)7;/h2-7,9-14H,1H3;3,6H,1-2H3;/q-1;;. The summed E-state index contributed by atoms with van der Waals surface area (Å²) < 4.78 is 2.25. The number of pyridine rings is 1. The molecule has 171 valence electrons. The van der Waals surface area contributed by atoms with Crippen LogP contribution in [-0.4, -0.2) is 20.4 Å². The maximum Gasteiger partial charge on any atom is 0.155 e. The van der Waals surface area contributed by atoms with E-state index in [9.17, 15) is 4.79 Å². The monoisotopic (exact) mass is 624 g/mol. The number of hydrogen-bond acceptors (Lipinski definition) is 3. The summed E-state index contributed by atoms with van der Waals surface area (Å²) in [5.41, 5.74) is 8.04. The number of ketones is 1. The van der Waals surface area contributed by atoms with E-state index >= 15 is 0 Å². The molecular formula is C29H23IrN2O2-. The van der Waals surface area contributed by atoms with E-state index in [0.717, 1.165) is 16.8 Å². The van der Waals surface area contributed by atoms with Crippen LogP contribution in [0.5, 0.6) is 0 Å². The van der Waals surface area contributed by atoms with E-state index in [-0.39, 0.29) is 31.6 Å². The van der Waals surface area contributed by atoms with Crippen molar-refractivity contribution in [1.29, 1.82) is 0 Å². The van der Waals surface area contributed by atoms with Crippen molar-refractivity contribution < 1.29 is 30.0 Å². The second-order valence-electron chi connectivity index (χ2n) is 8.26. The molecule has 2 aromatic heterocycles. The number of aromatic nitrogens is 2. The molecule has 0 aliphatic heterocycles. The molecule has 0 atom stereocenters. The van der Waals surface area contributed by atoms with E-state index in [1.165, 1.54) is 58.2 Å². The molecule has 1 N–H and O–H groups in total. The summed E-state index contributed by atoms with van der Waals surface area (Å²) in [4.78, 5) is 15.0. The van der Waals surface area contributed by atoms with Crippen molar-refractivity contribution in [2.24, 2.45) is 7.05 Å². The minimum absolute atomic E-state index is 0. The third-order valence-corrected chi connectivity index (χ3v) is 5.88. The molecule has 1 aliphatic carbocycles. The molecule has 0 unspecified atom stereocenters. The minimum atomic E-state index is -0.125. The third-order valence-electron chi connectivity index (χ3n) is 5.88. The number of carbonyl (C=O) groups excluding carboxylic acids is 1. The second kappa shape index (κ2) is 9.38. The number of hydrogen-bond donors (Lipinski definition) is 1. The first kappa shape index (κ1) is 23.6. The van der Waals surface area contributed by atoms with Gasteiger partial charge in [0.15, 0.2) is 5.78 Å². The summed E-state index contributed by atoms with van der Waals surface area (Å²) in [5.74, 6) is -0.0625. The van der Waals surface area contributed by atoms with Crippen LogP contribution in [0.2, 0.25) is 0 Å². The number of fused-ring (bicyclic) bond motifs is 3. The molecule has 0 saturated heterocycles. The maximum absolute atomic E-state index is 10.0. The molecule has 0 fully saturated rings. The Morgan fingerprint density at radius 3 is 2.47 bits per heavy atom. The molecular weight excluding hydrogens is 601 g/mol. The normalized spacial score (nSPS) is 12.0. The predicted molar refractivity (Wildman–Crippen MR) is 136 cm³/mol. The van der Waals surface area contributed by atoms with Gasteiger partial charge in [-0.05, 0) is 53.7 Å². The Hall–Kier alpha value is -3.53. The quantitative estimate of drug-likeness (QED) is 0.130. The number of nitrogens with zero attached hydrogens (tertiary/aromatic N) is 2. The molecule has 0 saturated carbocycles. The van der Waals surface area contributed by atoms with Crippen LogP contribution in [-0.2, 0) is 31.9 Å². The number of para-hydroxylation sites is 1. The Morgan fingerprint density at radius 2 is 1.74 bits per heavy atom. The van der Waals surface area contributed by atoms with Gasteiger partial charge in [0.25, 0.3) is 0 Å². The van der Waals surface area contributed by atoms with E-state index in [2.05, 4.69) is 84.4 Å². The molecule has 0 spiro atoms. The summed E-state index contributed by atoms with van der Waals surface area (Å²) in [7, 11) is 2.12. The van der Waals surface area contributed by atoms with Gasteiger partial charge in [-0.1, -0.05) is 53.9 Å². The van der Waals surface area contributed by atoms with E-state index in [4.69, 9.17) is 10.1 Å². The zero-order valence-corrected chi connectivity index (χ0v) is 21.5. The van der Waals surface area contributed by atoms with E-state index in [0.29, 0.717) is 0 Å². The molecule has 5 aromatic rings. The third kappa shape index (κ3) is 4.09. The number of carbonyl (C=O) groups is 1. The molecule has 0 bridgehead atoms. The number of aliphatic hydroxyl groups is 1. The fourth-order valence-corrected chi connectivity index (χ4v) is 4.57. The van der Waals surface area contributed by atoms with Gasteiger partial charge in [0.1, 0.15) is 0 Å². The minimum Gasteiger partial charge on any atom is -0.512 e. The van der Waals surface area contributed by atoms with Crippen molar-refractivity contribution >= 4 is 50.6 Å². The van der Waals surface area contributed by atoms with Gasteiger partial charge in [-0.3, -0.25) is 9.78 Å². The van der Waals surface area contributed by atoms with Crippen molar-refractivity contribution in [3.63, 3.8) is 0 Å². The summed E-state index contributed by atoms with van der Waals surface area (Å²) in [6, 6.07) is 24.7. The number of aryl methyl sites for hydroxylation is 1. The Balaban J connectivity index is 0.000000303. The van der Waals surface area contributed by atoms with Crippen LogP contribution in [0, 0.1) is 6.07 Å². The smallest absolute Gasteiger partial charge is 0.155 e. The van der Waals surface area contributed by atoms with E-state index < -0.39 is 0 Å². The van der Waals surface area contributed by atoms with Gasteiger partial charge in [0.05, 0.1) is 11.3 Å². The second-order valence-corrected chi connectivity index (χ2v) is 8.26. The van der Waals surface area contributed by atoms with E-state index in [1.807, 2.05) is 6.07 Å². The van der Waals surface area contributed by atoms with Gasteiger partial charge < -0.3 is 9.67 Å². The molecule has 3 aromatic carbocycles. The summed E-state index contributed by atoms with van der Waals surface area (Å²) in [6.07, 6.45) is 5.53. The van der Waals surface area contributed by atoms with Gasteiger partial charge in [0, 0.05) is 44.1 Å². The van der Waals surface area contributed by atoms with Gasteiger partial charge >= 0.3 is 0 Å². The van der Waals surface area contributed by atoms with Gasteiger partial charge in [-0.15, -0.1) is 23.8 Å². The van der Waals surface area contributed by atoms with Crippen molar-refractivity contribution in [2.75, 3.05) is 0 Å². The fourth-order valence-electron chi connectivity index (χ4n) is 4.57. The first-order chi connectivity index (χ1) is 15.9. The average Bonchev–Trinajstić information content (AvgIpc) is 3.34. The van der Waals surface area contributed by atoms with Crippen LogP contribution >= 0.6 is 0 Å². The van der Waals surface area contributed by atoms with Crippen molar-refractivity contribution in [3.05, 3.63) is 89.7 Å². The molecule has 6 rings (SSSR count). The van der Waals surface area contributed by atoms with E-state index in [1.54, 1.807) is 0 Å². The largest absolute Gasteiger partial charge is 0.512 e. The fraction of sp³-hybridized carbons (Fsp3) is 0.103. The van der Waals surface area contributed by atoms with Crippen LogP contribution < -0.4 is 0 Å². The zero-order valence-electron chi connectivity index (χ0n) is 19.1. The number of benzene rings is 3. The first-order valence-electron chi connectivity index (χ1n) is 10.8. The molecule has 4 nitrogen and oxygen atoms in total. The van der Waals surface area contributed by atoms with Crippen LogP contribution in [0.15, 0.2) is 72.5 Å². The Labute approximate surface area is 211 Å². The molecule has 1 aliphatic rings. The molecule has 5 heteroatoms.